The summed E-state index contributed by atoms with van der Waals surface area (Å²) < 4.78 is 51.0. The van der Waals surface area contributed by atoms with Crippen molar-refractivity contribution in [3.63, 3.8) is 0 Å². The van der Waals surface area contributed by atoms with Gasteiger partial charge in [-0.05, 0) is 49.5 Å². The Kier molecular flexibility index (Phi) is 5.45. The highest BCUT2D eigenvalue weighted by molar-refractivity contribution is 7.88. The third-order valence-electron chi connectivity index (χ3n) is 4.17. The van der Waals surface area contributed by atoms with E-state index in [9.17, 15) is 12.8 Å². The summed E-state index contributed by atoms with van der Waals surface area (Å²) in [4.78, 5) is 1.93. The van der Waals surface area contributed by atoms with Gasteiger partial charge < -0.3 is 14.4 Å². The number of rotatable bonds is 7. The molecule has 0 aliphatic carbocycles. The van der Waals surface area contributed by atoms with E-state index in [1.54, 1.807) is 0 Å². The van der Waals surface area contributed by atoms with Crippen LogP contribution >= 0.6 is 0 Å². The van der Waals surface area contributed by atoms with Crippen LogP contribution in [-0.4, -0.2) is 40.8 Å². The second-order valence-electron chi connectivity index (χ2n) is 6.33. The van der Waals surface area contributed by atoms with Crippen molar-refractivity contribution in [3.8, 4) is 11.5 Å². The first-order valence-corrected chi connectivity index (χ1v) is 9.77. The zero-order valence-electron chi connectivity index (χ0n) is 14.6. The molecular weight excluding hydrogens is 359 g/mol. The van der Waals surface area contributed by atoms with Gasteiger partial charge >= 0.3 is 0 Å². The minimum Gasteiger partial charge on any atom is -0.454 e. The van der Waals surface area contributed by atoms with Crippen molar-refractivity contribution in [3.05, 3.63) is 59.4 Å². The van der Waals surface area contributed by atoms with Gasteiger partial charge in [-0.25, -0.2) is 17.5 Å². The quantitative estimate of drug-likeness (QED) is 0.798. The average molecular weight is 380 g/mol. The molecule has 1 aliphatic rings. The predicted octanol–water partition coefficient (Wildman–Crippen LogP) is 2.28. The second kappa shape index (κ2) is 7.61. The number of likely N-dealkylation sites (N-methyl/N-ethyl adjacent to an activating group) is 1. The van der Waals surface area contributed by atoms with E-state index in [1.807, 2.05) is 37.2 Å². The Morgan fingerprint density at radius 1 is 1.12 bits per heavy atom. The summed E-state index contributed by atoms with van der Waals surface area (Å²) in [5.41, 5.74) is 1.45. The van der Waals surface area contributed by atoms with Crippen molar-refractivity contribution in [1.29, 1.82) is 0 Å². The molecule has 8 heteroatoms. The lowest BCUT2D eigenvalue weighted by Gasteiger charge is -2.25. The predicted molar refractivity (Wildman–Crippen MR) is 96.0 cm³/mol. The van der Waals surface area contributed by atoms with Crippen LogP contribution in [0.5, 0.6) is 11.5 Å². The number of halogens is 1. The normalized spacial score (nSPS) is 14.6. The fraction of sp³-hybridized carbons (Fsp3) is 0.333. The molecule has 1 N–H and O–H groups in total. The lowest BCUT2D eigenvalue weighted by Crippen LogP contribution is -2.35. The average Bonchev–Trinajstić information content (AvgIpc) is 3.04. The van der Waals surface area contributed by atoms with Crippen molar-refractivity contribution < 1.29 is 22.3 Å². The van der Waals surface area contributed by atoms with Gasteiger partial charge in [-0.2, -0.15) is 0 Å². The summed E-state index contributed by atoms with van der Waals surface area (Å²) in [7, 11) is 0.206. The Hall–Kier alpha value is -2.16. The Balaban J connectivity index is 1.69. The van der Waals surface area contributed by atoms with Crippen LogP contribution in [0.25, 0.3) is 0 Å². The molecule has 0 aromatic heterocycles. The molecule has 1 heterocycles. The van der Waals surface area contributed by atoms with E-state index in [2.05, 4.69) is 4.72 Å². The number of nitrogens with zero attached hydrogens (tertiary/aromatic N) is 1. The van der Waals surface area contributed by atoms with Crippen LogP contribution < -0.4 is 14.2 Å². The van der Waals surface area contributed by atoms with Crippen molar-refractivity contribution in [1.82, 2.24) is 9.62 Å². The smallest absolute Gasteiger partial charge is 0.231 e. The number of hydrogen-bond acceptors (Lipinski definition) is 5. The zero-order valence-corrected chi connectivity index (χ0v) is 15.4. The largest absolute Gasteiger partial charge is 0.454 e. The lowest BCUT2D eigenvalue weighted by molar-refractivity contribution is 0.174. The molecule has 26 heavy (non-hydrogen) atoms. The van der Waals surface area contributed by atoms with Crippen LogP contribution in [0.15, 0.2) is 42.5 Å². The Labute approximate surface area is 152 Å². The first-order chi connectivity index (χ1) is 12.3. The van der Waals surface area contributed by atoms with Crippen LogP contribution in [0, 0.1) is 5.82 Å². The van der Waals surface area contributed by atoms with Crippen molar-refractivity contribution in [2.45, 2.75) is 11.8 Å². The number of nitrogens with one attached hydrogen (secondary N) is 1. The summed E-state index contributed by atoms with van der Waals surface area (Å²) in [6, 6.07) is 10.8. The van der Waals surface area contributed by atoms with Crippen LogP contribution in [-0.2, 0) is 15.8 Å². The Morgan fingerprint density at radius 3 is 2.50 bits per heavy atom. The maximum atomic E-state index is 13.0. The Bertz CT molecular complexity index is 869. The molecule has 1 unspecified atom stereocenters. The number of benzene rings is 2. The molecule has 1 aliphatic heterocycles. The maximum absolute atomic E-state index is 13.0. The van der Waals surface area contributed by atoms with Crippen LogP contribution in [0.4, 0.5) is 4.39 Å². The van der Waals surface area contributed by atoms with Gasteiger partial charge in [0.2, 0.25) is 16.8 Å². The SMILES string of the molecule is CN(C)C(CNS(=O)(=O)Cc1ccc(F)cc1)c1ccc2c(c1)OCO2. The summed E-state index contributed by atoms with van der Waals surface area (Å²) in [5, 5.41) is 0. The third kappa shape index (κ3) is 4.51. The number of hydrogen-bond donors (Lipinski definition) is 1. The number of sulfonamides is 1. The Morgan fingerprint density at radius 2 is 1.81 bits per heavy atom. The van der Waals surface area contributed by atoms with Crippen LogP contribution in [0.3, 0.4) is 0 Å². The van der Waals surface area contributed by atoms with E-state index in [1.165, 1.54) is 24.3 Å². The third-order valence-corrected chi connectivity index (χ3v) is 5.49. The molecule has 0 saturated carbocycles. The summed E-state index contributed by atoms with van der Waals surface area (Å²) in [5.74, 6) is 0.746. The molecule has 0 spiro atoms. The van der Waals surface area contributed by atoms with E-state index >= 15 is 0 Å². The summed E-state index contributed by atoms with van der Waals surface area (Å²) in [6.45, 7) is 0.395. The highest BCUT2D eigenvalue weighted by Gasteiger charge is 2.21. The van der Waals surface area contributed by atoms with E-state index in [-0.39, 0.29) is 25.1 Å². The summed E-state index contributed by atoms with van der Waals surface area (Å²) in [6.07, 6.45) is 0. The van der Waals surface area contributed by atoms with Crippen molar-refractivity contribution in [2.75, 3.05) is 27.4 Å². The molecule has 2 aromatic rings. The molecule has 3 rings (SSSR count). The minimum absolute atomic E-state index is 0.174. The fourth-order valence-corrected chi connectivity index (χ4v) is 3.92. The van der Waals surface area contributed by atoms with Gasteiger partial charge in [0, 0.05) is 12.6 Å². The van der Waals surface area contributed by atoms with E-state index in [4.69, 9.17) is 9.47 Å². The first-order valence-electron chi connectivity index (χ1n) is 8.12. The second-order valence-corrected chi connectivity index (χ2v) is 8.13. The van der Waals surface area contributed by atoms with Crippen LogP contribution in [0.2, 0.25) is 0 Å². The summed E-state index contributed by atoms with van der Waals surface area (Å²) >= 11 is 0. The maximum Gasteiger partial charge on any atom is 0.231 e. The van der Waals surface area contributed by atoms with Crippen LogP contribution in [0.1, 0.15) is 17.2 Å². The fourth-order valence-electron chi connectivity index (χ4n) is 2.78. The van der Waals surface area contributed by atoms with Gasteiger partial charge in [-0.3, -0.25) is 0 Å². The highest BCUT2D eigenvalue weighted by atomic mass is 32.2. The molecular formula is C18H21FN2O4S. The van der Waals surface area contributed by atoms with Gasteiger partial charge in [0.1, 0.15) is 5.82 Å². The molecule has 6 nitrogen and oxygen atoms in total. The molecule has 2 aromatic carbocycles. The van der Waals surface area contributed by atoms with Gasteiger partial charge in [0.05, 0.1) is 5.75 Å². The molecule has 0 saturated heterocycles. The lowest BCUT2D eigenvalue weighted by atomic mass is 10.1. The van der Waals surface area contributed by atoms with Gasteiger partial charge in [0.15, 0.2) is 11.5 Å². The molecule has 0 amide bonds. The molecule has 0 radical (unpaired) electrons. The zero-order chi connectivity index (χ0) is 18.7. The van der Waals surface area contributed by atoms with Crippen molar-refractivity contribution in [2.24, 2.45) is 0 Å². The standard InChI is InChI=1S/C18H21FN2O4S/c1-21(2)16(14-5-8-17-18(9-14)25-12-24-17)10-20-26(22,23)11-13-3-6-15(19)7-4-13/h3-9,16,20H,10-12H2,1-2H3. The van der Waals surface area contributed by atoms with Gasteiger partial charge in [-0.15, -0.1) is 0 Å². The highest BCUT2D eigenvalue weighted by Crippen LogP contribution is 2.35. The first kappa shape index (κ1) is 18.6. The van der Waals surface area contributed by atoms with E-state index < -0.39 is 15.8 Å². The minimum atomic E-state index is -3.55. The van der Waals surface area contributed by atoms with Crippen molar-refractivity contribution >= 4 is 10.0 Å². The molecule has 1 atom stereocenters. The molecule has 0 fully saturated rings. The number of fused-ring (bicyclic) bond motifs is 1. The van der Waals surface area contributed by atoms with Gasteiger partial charge in [0.25, 0.3) is 0 Å². The number of ether oxygens (including phenoxy) is 2. The monoisotopic (exact) mass is 380 g/mol. The van der Waals surface area contributed by atoms with Gasteiger partial charge in [-0.1, -0.05) is 18.2 Å². The van der Waals surface area contributed by atoms with E-state index in [0.29, 0.717) is 17.1 Å². The molecule has 0 bridgehead atoms. The van der Waals surface area contributed by atoms with E-state index in [0.717, 1.165) is 5.56 Å². The molecule has 140 valence electrons. The topological polar surface area (TPSA) is 67.9 Å².